The lowest BCUT2D eigenvalue weighted by Gasteiger charge is -2.35. The Morgan fingerprint density at radius 2 is 1.77 bits per heavy atom. The van der Waals surface area contributed by atoms with Crippen molar-refractivity contribution < 1.29 is 18.7 Å². The topological polar surface area (TPSA) is 43.8 Å². The van der Waals surface area contributed by atoms with Gasteiger partial charge in [-0.05, 0) is 30.9 Å². The summed E-state index contributed by atoms with van der Waals surface area (Å²) in [4.78, 5) is 15.8. The van der Waals surface area contributed by atoms with Crippen molar-refractivity contribution in [2.75, 3.05) is 32.7 Å². The normalized spacial score (nSPS) is 21.0. The fraction of sp³-hybridized carbons (Fsp3) is 0.562. The van der Waals surface area contributed by atoms with Crippen LogP contribution in [-0.2, 0) is 0 Å². The first-order valence-electron chi connectivity index (χ1n) is 7.70. The molecule has 1 aliphatic heterocycles. The van der Waals surface area contributed by atoms with E-state index in [4.69, 9.17) is 0 Å². The van der Waals surface area contributed by atoms with Gasteiger partial charge in [-0.3, -0.25) is 9.69 Å². The quantitative estimate of drug-likeness (QED) is 0.916. The average molecular weight is 310 g/mol. The van der Waals surface area contributed by atoms with Gasteiger partial charge in [0.1, 0.15) is 17.2 Å². The number of aliphatic hydroxyl groups is 1. The molecule has 6 heteroatoms. The maximum atomic E-state index is 13.7. The molecule has 1 aromatic carbocycles. The van der Waals surface area contributed by atoms with Crippen LogP contribution >= 0.6 is 0 Å². The highest BCUT2D eigenvalue weighted by molar-refractivity contribution is 5.94. The Balaban J connectivity index is 1.57. The Morgan fingerprint density at radius 1 is 1.18 bits per heavy atom. The molecule has 1 unspecified atom stereocenters. The van der Waals surface area contributed by atoms with E-state index in [0.29, 0.717) is 38.6 Å². The van der Waals surface area contributed by atoms with Crippen molar-refractivity contribution in [3.8, 4) is 0 Å². The molecule has 1 amide bonds. The lowest BCUT2D eigenvalue weighted by molar-refractivity contribution is 0.0482. The van der Waals surface area contributed by atoms with E-state index < -0.39 is 23.1 Å². The maximum Gasteiger partial charge on any atom is 0.259 e. The number of rotatable bonds is 4. The second-order valence-electron chi connectivity index (χ2n) is 6.09. The van der Waals surface area contributed by atoms with Crippen molar-refractivity contribution in [3.05, 3.63) is 35.4 Å². The molecule has 1 saturated heterocycles. The van der Waals surface area contributed by atoms with Crippen molar-refractivity contribution in [3.63, 3.8) is 0 Å². The molecular weight excluding hydrogens is 290 g/mol. The van der Waals surface area contributed by atoms with Crippen LogP contribution in [0.3, 0.4) is 0 Å². The number of aliphatic hydroxyl groups excluding tert-OH is 1. The number of hydrogen-bond donors (Lipinski definition) is 1. The van der Waals surface area contributed by atoms with Crippen LogP contribution in [0.25, 0.3) is 0 Å². The number of carbonyl (C=O) groups excluding carboxylic acids is 1. The SMILES string of the molecule is O=C(c1c(F)cccc1F)N1CCN(CC(O)C2CC2)CC1. The third kappa shape index (κ3) is 3.28. The number of hydrogen-bond acceptors (Lipinski definition) is 3. The minimum atomic E-state index is -0.823. The fourth-order valence-electron chi connectivity index (χ4n) is 2.89. The lowest BCUT2D eigenvalue weighted by atomic mass is 10.1. The molecule has 2 fully saturated rings. The zero-order chi connectivity index (χ0) is 15.7. The van der Waals surface area contributed by atoms with Crippen molar-refractivity contribution >= 4 is 5.91 Å². The fourth-order valence-corrected chi connectivity index (χ4v) is 2.89. The first-order valence-corrected chi connectivity index (χ1v) is 7.70. The van der Waals surface area contributed by atoms with Crippen molar-refractivity contribution in [1.29, 1.82) is 0 Å². The number of amides is 1. The summed E-state index contributed by atoms with van der Waals surface area (Å²) in [6.45, 7) is 2.69. The molecule has 0 radical (unpaired) electrons. The van der Waals surface area contributed by atoms with Crippen molar-refractivity contribution in [1.82, 2.24) is 9.80 Å². The summed E-state index contributed by atoms with van der Waals surface area (Å²) in [6, 6.07) is 3.44. The third-order valence-corrected chi connectivity index (χ3v) is 4.45. The van der Waals surface area contributed by atoms with Gasteiger partial charge in [-0.2, -0.15) is 0 Å². The van der Waals surface area contributed by atoms with Gasteiger partial charge in [0.05, 0.1) is 6.10 Å². The molecule has 1 heterocycles. The van der Waals surface area contributed by atoms with Gasteiger partial charge >= 0.3 is 0 Å². The van der Waals surface area contributed by atoms with Crippen LogP contribution in [0, 0.1) is 17.6 Å². The first kappa shape index (κ1) is 15.4. The van der Waals surface area contributed by atoms with E-state index in [0.717, 1.165) is 25.0 Å². The molecule has 1 aromatic rings. The van der Waals surface area contributed by atoms with E-state index in [-0.39, 0.29) is 6.10 Å². The van der Waals surface area contributed by atoms with Crippen LogP contribution in [0.15, 0.2) is 18.2 Å². The number of benzene rings is 1. The highest BCUT2D eigenvalue weighted by Gasteiger charge is 2.32. The Bertz CT molecular complexity index is 535. The van der Waals surface area contributed by atoms with Crippen molar-refractivity contribution in [2.45, 2.75) is 18.9 Å². The summed E-state index contributed by atoms with van der Waals surface area (Å²) < 4.78 is 27.3. The van der Waals surface area contributed by atoms with Crippen LogP contribution in [0.1, 0.15) is 23.2 Å². The summed E-state index contributed by atoms with van der Waals surface area (Å²) in [6.07, 6.45) is 1.88. The maximum absolute atomic E-state index is 13.7. The minimum Gasteiger partial charge on any atom is -0.392 e. The van der Waals surface area contributed by atoms with E-state index in [1.54, 1.807) is 0 Å². The lowest BCUT2D eigenvalue weighted by Crippen LogP contribution is -2.50. The zero-order valence-corrected chi connectivity index (χ0v) is 12.3. The average Bonchev–Trinajstić information content (AvgIpc) is 3.32. The Labute approximate surface area is 128 Å². The van der Waals surface area contributed by atoms with E-state index in [2.05, 4.69) is 4.90 Å². The number of nitrogens with zero attached hydrogens (tertiary/aromatic N) is 2. The van der Waals surface area contributed by atoms with E-state index in [9.17, 15) is 18.7 Å². The molecule has 120 valence electrons. The molecule has 22 heavy (non-hydrogen) atoms. The third-order valence-electron chi connectivity index (χ3n) is 4.45. The molecule has 0 aromatic heterocycles. The van der Waals surface area contributed by atoms with E-state index in [1.165, 1.54) is 11.0 Å². The Kier molecular flexibility index (Phi) is 4.40. The summed E-state index contributed by atoms with van der Waals surface area (Å²) >= 11 is 0. The summed E-state index contributed by atoms with van der Waals surface area (Å²) in [5.41, 5.74) is -0.478. The predicted molar refractivity (Wildman–Crippen MR) is 77.4 cm³/mol. The molecule has 0 spiro atoms. The largest absolute Gasteiger partial charge is 0.392 e. The van der Waals surface area contributed by atoms with Gasteiger partial charge in [0, 0.05) is 32.7 Å². The van der Waals surface area contributed by atoms with Crippen LogP contribution in [0.4, 0.5) is 8.78 Å². The minimum absolute atomic E-state index is 0.300. The number of carbonyl (C=O) groups is 1. The van der Waals surface area contributed by atoms with E-state index >= 15 is 0 Å². The molecular formula is C16H20F2N2O2. The van der Waals surface area contributed by atoms with Gasteiger partial charge in [-0.25, -0.2) is 8.78 Å². The van der Waals surface area contributed by atoms with E-state index in [1.807, 2.05) is 0 Å². The van der Waals surface area contributed by atoms with Gasteiger partial charge in [0.25, 0.3) is 5.91 Å². The van der Waals surface area contributed by atoms with Crippen molar-refractivity contribution in [2.24, 2.45) is 5.92 Å². The molecule has 2 aliphatic rings. The summed E-state index contributed by atoms with van der Waals surface area (Å²) in [7, 11) is 0. The molecule has 1 atom stereocenters. The smallest absolute Gasteiger partial charge is 0.259 e. The second kappa shape index (κ2) is 6.30. The predicted octanol–water partition coefficient (Wildman–Crippen LogP) is 1.49. The standard InChI is InChI=1S/C16H20F2N2O2/c17-12-2-1-3-13(18)15(12)16(22)20-8-6-19(7-9-20)10-14(21)11-4-5-11/h1-3,11,14,21H,4-10H2. The zero-order valence-electron chi connectivity index (χ0n) is 12.3. The number of halogens is 2. The Hall–Kier alpha value is -1.53. The van der Waals surface area contributed by atoms with Crippen LogP contribution in [-0.4, -0.2) is 59.6 Å². The molecule has 3 rings (SSSR count). The molecule has 1 saturated carbocycles. The first-order chi connectivity index (χ1) is 10.6. The summed E-state index contributed by atoms with van der Waals surface area (Å²) in [5.74, 6) is -1.82. The van der Waals surface area contributed by atoms with Gasteiger partial charge in [-0.1, -0.05) is 6.07 Å². The molecule has 1 N–H and O–H groups in total. The number of piperazine rings is 1. The highest BCUT2D eigenvalue weighted by Crippen LogP contribution is 2.33. The monoisotopic (exact) mass is 310 g/mol. The highest BCUT2D eigenvalue weighted by atomic mass is 19.1. The number of β-amino-alcohol motifs (C(OH)–C–C–N with tert-alkyl or cyclic N) is 1. The molecule has 4 nitrogen and oxygen atoms in total. The van der Waals surface area contributed by atoms with Crippen LogP contribution < -0.4 is 0 Å². The van der Waals surface area contributed by atoms with Crippen LogP contribution in [0.5, 0.6) is 0 Å². The van der Waals surface area contributed by atoms with Gasteiger partial charge in [-0.15, -0.1) is 0 Å². The summed E-state index contributed by atoms with van der Waals surface area (Å²) in [5, 5.41) is 9.95. The Morgan fingerprint density at radius 3 is 2.32 bits per heavy atom. The van der Waals surface area contributed by atoms with Gasteiger partial charge in [0.15, 0.2) is 0 Å². The van der Waals surface area contributed by atoms with Gasteiger partial charge < -0.3 is 10.0 Å². The van der Waals surface area contributed by atoms with Gasteiger partial charge in [0.2, 0.25) is 0 Å². The molecule has 0 bridgehead atoms. The second-order valence-corrected chi connectivity index (χ2v) is 6.09. The van der Waals surface area contributed by atoms with Crippen LogP contribution in [0.2, 0.25) is 0 Å². The molecule has 1 aliphatic carbocycles.